The van der Waals surface area contributed by atoms with E-state index in [-0.39, 0.29) is 0 Å². The molecule has 0 aliphatic rings. The molecule has 23 heavy (non-hydrogen) atoms. The van der Waals surface area contributed by atoms with Crippen molar-refractivity contribution in [3.05, 3.63) is 41.9 Å². The number of amides is 1. The van der Waals surface area contributed by atoms with Crippen LogP contribution in [0.5, 0.6) is 0 Å². The number of nitrogens with one attached hydrogen (secondary N) is 2. The molecule has 0 unspecified atom stereocenters. The van der Waals surface area contributed by atoms with Gasteiger partial charge in [0.05, 0.1) is 0 Å². The molecule has 2 N–H and O–H groups in total. The number of alkyl halides is 3. The lowest BCUT2D eigenvalue weighted by atomic mass is 10.1. The quantitative estimate of drug-likeness (QED) is 0.780. The number of hydrogen-bond acceptors (Lipinski definition) is 4. The minimum atomic E-state index is -2.02. The Morgan fingerprint density at radius 2 is 1.96 bits per heavy atom. The third kappa shape index (κ3) is 4.96. The summed E-state index contributed by atoms with van der Waals surface area (Å²) < 4.78 is -2.02. The van der Waals surface area contributed by atoms with Gasteiger partial charge in [0, 0.05) is 23.1 Å². The Bertz CT molecular complexity index is 716. The molecule has 8 heteroatoms. The van der Waals surface area contributed by atoms with Gasteiger partial charge in [-0.1, -0.05) is 47.8 Å². The second-order valence-corrected chi connectivity index (χ2v) is 7.13. The van der Waals surface area contributed by atoms with E-state index in [2.05, 4.69) is 20.6 Å². The molecule has 1 heterocycles. The summed E-state index contributed by atoms with van der Waals surface area (Å²) in [5.74, 6) is -0.0485. The van der Waals surface area contributed by atoms with Gasteiger partial charge in [0.1, 0.15) is 12.1 Å². The number of benzene rings is 1. The number of halogens is 3. The first-order valence-corrected chi connectivity index (χ1v) is 7.99. The van der Waals surface area contributed by atoms with E-state index in [1.165, 1.54) is 6.33 Å². The van der Waals surface area contributed by atoms with E-state index in [0.717, 1.165) is 23.4 Å². The fourth-order valence-corrected chi connectivity index (χ4v) is 2.08. The van der Waals surface area contributed by atoms with Gasteiger partial charge in [-0.05, 0) is 31.0 Å². The zero-order chi connectivity index (χ0) is 17.0. The third-order valence-electron chi connectivity index (χ3n) is 3.07. The molecule has 0 bridgehead atoms. The van der Waals surface area contributed by atoms with Gasteiger partial charge in [0.25, 0.3) is 9.70 Å². The number of anilines is 3. The maximum atomic E-state index is 11.9. The number of carbonyl (C=O) groups is 1. The van der Waals surface area contributed by atoms with Crippen LogP contribution in [0.4, 0.5) is 17.2 Å². The van der Waals surface area contributed by atoms with Gasteiger partial charge in [0.2, 0.25) is 0 Å². The largest absolute Gasteiger partial charge is 0.340 e. The van der Waals surface area contributed by atoms with Crippen molar-refractivity contribution in [2.45, 2.75) is 24.1 Å². The maximum Gasteiger partial charge on any atom is 0.276 e. The molecule has 122 valence electrons. The average molecular weight is 374 g/mol. The SMILES string of the molecule is CCc1ccc(Nc2cc(C)ncn2)cc1NC(=O)C(Cl)(Cl)Cl. The van der Waals surface area contributed by atoms with Crippen molar-refractivity contribution in [2.24, 2.45) is 0 Å². The number of rotatable bonds is 4. The summed E-state index contributed by atoms with van der Waals surface area (Å²) >= 11 is 16.8. The highest BCUT2D eigenvalue weighted by atomic mass is 35.6. The van der Waals surface area contributed by atoms with Crippen LogP contribution < -0.4 is 10.6 Å². The molecule has 0 aliphatic carbocycles. The average Bonchev–Trinajstić information content (AvgIpc) is 2.46. The summed E-state index contributed by atoms with van der Waals surface area (Å²) in [5.41, 5.74) is 3.11. The zero-order valence-corrected chi connectivity index (χ0v) is 14.8. The summed E-state index contributed by atoms with van der Waals surface area (Å²) in [4.78, 5) is 20.0. The zero-order valence-electron chi connectivity index (χ0n) is 12.5. The Hall–Kier alpha value is -1.56. The monoisotopic (exact) mass is 372 g/mol. The predicted molar refractivity (Wildman–Crippen MR) is 94.8 cm³/mol. The van der Waals surface area contributed by atoms with Crippen molar-refractivity contribution in [3.63, 3.8) is 0 Å². The smallest absolute Gasteiger partial charge is 0.276 e. The molecule has 2 aromatic rings. The van der Waals surface area contributed by atoms with Gasteiger partial charge in [-0.2, -0.15) is 0 Å². The number of aromatic nitrogens is 2. The number of aryl methyl sites for hydroxylation is 2. The van der Waals surface area contributed by atoms with Crippen LogP contribution in [0, 0.1) is 6.92 Å². The molecular formula is C15H15Cl3N4O. The molecule has 1 amide bonds. The van der Waals surface area contributed by atoms with Gasteiger partial charge in [-0.25, -0.2) is 9.97 Å². The first-order valence-electron chi connectivity index (χ1n) is 6.86. The van der Waals surface area contributed by atoms with E-state index in [9.17, 15) is 4.79 Å². The summed E-state index contributed by atoms with van der Waals surface area (Å²) in [7, 11) is 0. The van der Waals surface area contributed by atoms with Crippen LogP contribution in [0.25, 0.3) is 0 Å². The molecule has 0 saturated carbocycles. The Morgan fingerprint density at radius 3 is 2.57 bits per heavy atom. The first-order chi connectivity index (χ1) is 10.8. The molecule has 0 spiro atoms. The normalized spacial score (nSPS) is 11.2. The Labute approximate surface area is 149 Å². The van der Waals surface area contributed by atoms with E-state index in [0.29, 0.717) is 11.5 Å². The maximum absolute atomic E-state index is 11.9. The van der Waals surface area contributed by atoms with E-state index < -0.39 is 9.70 Å². The topological polar surface area (TPSA) is 66.9 Å². The molecule has 0 saturated heterocycles. The van der Waals surface area contributed by atoms with Crippen LogP contribution in [0.3, 0.4) is 0 Å². The number of nitrogens with zero attached hydrogens (tertiary/aromatic N) is 2. The predicted octanol–water partition coefficient (Wildman–Crippen LogP) is 4.40. The molecule has 0 aliphatic heterocycles. The lowest BCUT2D eigenvalue weighted by Crippen LogP contribution is -2.27. The molecule has 2 rings (SSSR count). The Balaban J connectivity index is 2.26. The van der Waals surface area contributed by atoms with E-state index in [1.54, 1.807) is 6.07 Å². The highest BCUT2D eigenvalue weighted by Crippen LogP contribution is 2.30. The Kier molecular flexibility index (Phi) is 5.68. The van der Waals surface area contributed by atoms with Gasteiger partial charge in [0.15, 0.2) is 0 Å². The highest BCUT2D eigenvalue weighted by molar-refractivity contribution is 6.76. The third-order valence-corrected chi connectivity index (χ3v) is 3.59. The lowest BCUT2D eigenvalue weighted by Gasteiger charge is -2.16. The van der Waals surface area contributed by atoms with E-state index in [1.807, 2.05) is 32.0 Å². The fraction of sp³-hybridized carbons (Fsp3) is 0.267. The van der Waals surface area contributed by atoms with Crippen LogP contribution in [-0.2, 0) is 11.2 Å². The number of hydrogen-bond donors (Lipinski definition) is 2. The van der Waals surface area contributed by atoms with Crippen molar-refractivity contribution in [1.82, 2.24) is 9.97 Å². The van der Waals surface area contributed by atoms with Crippen molar-refractivity contribution < 1.29 is 4.79 Å². The second kappa shape index (κ2) is 7.34. The summed E-state index contributed by atoms with van der Waals surface area (Å²) in [6.45, 7) is 3.85. The first kappa shape index (κ1) is 17.8. The van der Waals surface area contributed by atoms with Crippen molar-refractivity contribution in [1.29, 1.82) is 0 Å². The van der Waals surface area contributed by atoms with Gasteiger partial charge < -0.3 is 10.6 Å². The van der Waals surface area contributed by atoms with Crippen LogP contribution in [0.15, 0.2) is 30.6 Å². The van der Waals surface area contributed by atoms with Crippen LogP contribution in [0.2, 0.25) is 0 Å². The van der Waals surface area contributed by atoms with E-state index in [4.69, 9.17) is 34.8 Å². The van der Waals surface area contributed by atoms with Crippen molar-refractivity contribution in [3.8, 4) is 0 Å². The fourth-order valence-electron chi connectivity index (χ4n) is 1.94. The van der Waals surface area contributed by atoms with Crippen molar-refractivity contribution in [2.75, 3.05) is 10.6 Å². The Morgan fingerprint density at radius 1 is 1.22 bits per heavy atom. The van der Waals surface area contributed by atoms with Gasteiger partial charge in [-0.15, -0.1) is 0 Å². The molecular weight excluding hydrogens is 359 g/mol. The van der Waals surface area contributed by atoms with Gasteiger partial charge in [-0.3, -0.25) is 4.79 Å². The molecule has 0 fully saturated rings. The summed E-state index contributed by atoms with van der Waals surface area (Å²) in [6, 6.07) is 7.36. The molecule has 0 atom stereocenters. The van der Waals surface area contributed by atoms with Crippen molar-refractivity contribution >= 4 is 57.9 Å². The van der Waals surface area contributed by atoms with E-state index >= 15 is 0 Å². The molecule has 0 radical (unpaired) electrons. The number of carbonyl (C=O) groups excluding carboxylic acids is 1. The molecule has 5 nitrogen and oxygen atoms in total. The van der Waals surface area contributed by atoms with Gasteiger partial charge >= 0.3 is 0 Å². The minimum Gasteiger partial charge on any atom is -0.340 e. The van der Waals surface area contributed by atoms with Crippen LogP contribution >= 0.6 is 34.8 Å². The second-order valence-electron chi connectivity index (χ2n) is 4.85. The molecule has 1 aromatic heterocycles. The summed E-state index contributed by atoms with van der Waals surface area (Å²) in [5, 5.41) is 5.78. The standard InChI is InChI=1S/C15H15Cl3N4O/c1-3-10-4-5-11(21-13-6-9(2)19-8-20-13)7-12(10)22-14(23)15(16,17)18/h4-8H,3H2,1-2H3,(H,22,23)(H,19,20,21). The minimum absolute atomic E-state index is 0.583. The summed E-state index contributed by atoms with van der Waals surface area (Å²) in [6.07, 6.45) is 2.20. The van der Waals surface area contributed by atoms with Crippen LogP contribution in [0.1, 0.15) is 18.2 Å². The lowest BCUT2D eigenvalue weighted by molar-refractivity contribution is -0.115. The molecule has 1 aromatic carbocycles. The van der Waals surface area contributed by atoms with Crippen LogP contribution in [-0.4, -0.2) is 19.7 Å². The highest BCUT2D eigenvalue weighted by Gasteiger charge is 2.31.